The summed E-state index contributed by atoms with van der Waals surface area (Å²) in [7, 11) is 0. The number of carbonyl (C=O) groups is 4. The van der Waals surface area contributed by atoms with E-state index in [1.165, 1.54) is 0 Å². The lowest BCUT2D eigenvalue weighted by molar-refractivity contribution is -0.133. The van der Waals surface area contributed by atoms with Gasteiger partial charge in [-0.05, 0) is 54.9 Å². The maximum absolute atomic E-state index is 13.7. The second-order valence-corrected chi connectivity index (χ2v) is 10.8. The summed E-state index contributed by atoms with van der Waals surface area (Å²) in [6.45, 7) is 0.841. The molecule has 14 heteroatoms. The van der Waals surface area contributed by atoms with E-state index in [1.54, 1.807) is 0 Å². The number of carbonyl (C=O) groups excluding carboxylic acids is 4. The molecule has 3 atom stereocenters. The molecule has 0 saturated carbocycles. The number of benzene rings is 2. The van der Waals surface area contributed by atoms with Gasteiger partial charge in [0.1, 0.15) is 18.1 Å². The fourth-order valence-corrected chi connectivity index (χ4v) is 4.91. The van der Waals surface area contributed by atoms with Gasteiger partial charge in [-0.15, -0.1) is 0 Å². The molecule has 1 aliphatic rings. The Balaban J connectivity index is 1.85. The first kappa shape index (κ1) is 33.6. The summed E-state index contributed by atoms with van der Waals surface area (Å²) in [6.07, 6.45) is 2.70. The van der Waals surface area contributed by atoms with Crippen molar-refractivity contribution < 1.29 is 19.2 Å². The zero-order chi connectivity index (χ0) is 31.9. The number of fused-ring (bicyclic) bond motifs is 1. The van der Waals surface area contributed by atoms with Crippen LogP contribution in [0, 0.1) is 0 Å². The molecule has 1 heterocycles. The van der Waals surface area contributed by atoms with Crippen molar-refractivity contribution in [1.82, 2.24) is 21.3 Å². The van der Waals surface area contributed by atoms with E-state index in [0.717, 1.165) is 16.3 Å². The van der Waals surface area contributed by atoms with Crippen LogP contribution in [0.1, 0.15) is 50.5 Å². The van der Waals surface area contributed by atoms with Gasteiger partial charge < -0.3 is 44.2 Å². The molecule has 0 aromatic heterocycles. The molecule has 44 heavy (non-hydrogen) atoms. The number of guanidine groups is 2. The molecular formula is C30H44N10O4. The standard InChI is InChI=1S/C30H44N10O4/c31-29(32)36-15-5-9-22-27(43)39-23(10-6-16-37-30(33)34)28(44)40-24(26(42)35-14-4-3-11-25(41)38-22)18-19-12-13-20-7-1-2-8-21(20)17-19/h1-2,7-8,12-13,17,22-24H,3-6,9-11,14-16,18H2,(H,35,42)(H,38,41)(H,39,43)(H,40,44)(H4,31,32,36)(H4,33,34,37)/t22-,23+,24+/m1/s1. The van der Waals surface area contributed by atoms with Crippen molar-refractivity contribution in [3.63, 3.8) is 0 Å². The third kappa shape index (κ3) is 11.4. The summed E-state index contributed by atoms with van der Waals surface area (Å²) in [6, 6.07) is 10.9. The molecule has 3 rings (SSSR count). The quantitative estimate of drug-likeness (QED) is 0.0965. The molecule has 1 saturated heterocycles. The van der Waals surface area contributed by atoms with E-state index < -0.39 is 29.9 Å². The van der Waals surface area contributed by atoms with E-state index in [1.807, 2.05) is 42.5 Å². The van der Waals surface area contributed by atoms with Crippen LogP contribution in [0.4, 0.5) is 0 Å². The minimum Gasteiger partial charge on any atom is -0.370 e. The Morgan fingerprint density at radius 3 is 1.93 bits per heavy atom. The van der Waals surface area contributed by atoms with Crippen molar-refractivity contribution in [3.05, 3.63) is 48.0 Å². The highest BCUT2D eigenvalue weighted by Gasteiger charge is 2.30. The van der Waals surface area contributed by atoms with E-state index in [9.17, 15) is 19.2 Å². The molecular weight excluding hydrogens is 564 g/mol. The monoisotopic (exact) mass is 608 g/mol. The number of rotatable bonds is 10. The summed E-state index contributed by atoms with van der Waals surface area (Å²) in [5.74, 6) is -1.89. The minimum absolute atomic E-state index is 0.0699. The average molecular weight is 609 g/mol. The molecule has 1 aliphatic heterocycles. The predicted octanol–water partition coefficient (Wildman–Crippen LogP) is -0.756. The molecule has 12 N–H and O–H groups in total. The van der Waals surface area contributed by atoms with E-state index in [0.29, 0.717) is 32.2 Å². The number of nitrogens with one attached hydrogen (secondary N) is 4. The normalized spacial score (nSPS) is 20.2. The number of hydrogen-bond donors (Lipinski definition) is 8. The van der Waals surface area contributed by atoms with Crippen LogP contribution >= 0.6 is 0 Å². The number of nitrogens with zero attached hydrogens (tertiary/aromatic N) is 2. The largest absolute Gasteiger partial charge is 0.370 e. The van der Waals surface area contributed by atoms with Crippen LogP contribution in [-0.2, 0) is 25.6 Å². The summed E-state index contributed by atoms with van der Waals surface area (Å²) in [5, 5.41) is 13.4. The second kappa shape index (κ2) is 17.3. The number of amides is 4. The van der Waals surface area contributed by atoms with Gasteiger partial charge in [0.25, 0.3) is 0 Å². The van der Waals surface area contributed by atoms with Crippen molar-refractivity contribution in [2.75, 3.05) is 19.6 Å². The zero-order valence-corrected chi connectivity index (χ0v) is 24.9. The van der Waals surface area contributed by atoms with Crippen LogP contribution in [0.2, 0.25) is 0 Å². The Morgan fingerprint density at radius 2 is 1.30 bits per heavy atom. The first-order valence-corrected chi connectivity index (χ1v) is 14.9. The molecule has 2 aromatic carbocycles. The van der Waals surface area contributed by atoms with Crippen LogP contribution in [-0.4, -0.2) is 73.3 Å². The maximum Gasteiger partial charge on any atom is 0.243 e. The highest BCUT2D eigenvalue weighted by atomic mass is 16.2. The van der Waals surface area contributed by atoms with Gasteiger partial charge in [-0.25, -0.2) is 0 Å². The molecule has 0 bridgehead atoms. The van der Waals surface area contributed by atoms with Gasteiger partial charge >= 0.3 is 0 Å². The number of hydrogen-bond acceptors (Lipinski definition) is 6. The van der Waals surface area contributed by atoms with Crippen LogP contribution in [0.3, 0.4) is 0 Å². The lowest BCUT2D eigenvalue weighted by Crippen LogP contribution is -2.57. The topological polar surface area (TPSA) is 245 Å². The summed E-state index contributed by atoms with van der Waals surface area (Å²) in [4.78, 5) is 61.0. The van der Waals surface area contributed by atoms with Crippen molar-refractivity contribution in [2.24, 2.45) is 32.9 Å². The SMILES string of the molecule is NC(N)=NCCC[C@@H]1NC(=O)[C@@H](CCCN=C(N)N)NC(=O)CCCCNC(=O)[C@H](Cc2ccc3ccccc3c2)NC1=O. The molecule has 1 fully saturated rings. The smallest absolute Gasteiger partial charge is 0.243 e. The molecule has 4 amide bonds. The minimum atomic E-state index is -1.02. The van der Waals surface area contributed by atoms with Gasteiger partial charge in [0.2, 0.25) is 23.6 Å². The number of aliphatic imine (C=N–C) groups is 2. The summed E-state index contributed by atoms with van der Waals surface area (Å²) < 4.78 is 0. The second-order valence-electron chi connectivity index (χ2n) is 10.8. The van der Waals surface area contributed by atoms with Crippen molar-refractivity contribution >= 4 is 46.3 Å². The fraction of sp³-hybridized carbons (Fsp3) is 0.467. The van der Waals surface area contributed by atoms with E-state index in [-0.39, 0.29) is 62.5 Å². The van der Waals surface area contributed by atoms with Crippen LogP contribution < -0.4 is 44.2 Å². The Bertz CT molecular complexity index is 1350. The lowest BCUT2D eigenvalue weighted by atomic mass is 10.0. The molecule has 0 aliphatic carbocycles. The van der Waals surface area contributed by atoms with Crippen molar-refractivity contribution in [1.29, 1.82) is 0 Å². The molecule has 2 aromatic rings. The molecule has 14 nitrogen and oxygen atoms in total. The Kier molecular flexibility index (Phi) is 13.2. The highest BCUT2D eigenvalue weighted by Crippen LogP contribution is 2.17. The van der Waals surface area contributed by atoms with Crippen LogP contribution in [0.25, 0.3) is 10.8 Å². The maximum atomic E-state index is 13.7. The van der Waals surface area contributed by atoms with Gasteiger partial charge in [0.05, 0.1) is 0 Å². The third-order valence-electron chi connectivity index (χ3n) is 7.19. The number of nitrogens with two attached hydrogens (primary N) is 4. The van der Waals surface area contributed by atoms with Crippen LogP contribution in [0.5, 0.6) is 0 Å². The summed E-state index contributed by atoms with van der Waals surface area (Å²) >= 11 is 0. The predicted molar refractivity (Wildman–Crippen MR) is 170 cm³/mol. The molecule has 0 unspecified atom stereocenters. The first-order valence-electron chi connectivity index (χ1n) is 14.9. The third-order valence-corrected chi connectivity index (χ3v) is 7.19. The van der Waals surface area contributed by atoms with E-state index in [4.69, 9.17) is 22.9 Å². The van der Waals surface area contributed by atoms with E-state index in [2.05, 4.69) is 31.3 Å². The lowest BCUT2D eigenvalue weighted by Gasteiger charge is -2.25. The van der Waals surface area contributed by atoms with Crippen molar-refractivity contribution in [3.8, 4) is 0 Å². The van der Waals surface area contributed by atoms with Gasteiger partial charge in [-0.1, -0.05) is 42.5 Å². The van der Waals surface area contributed by atoms with Crippen LogP contribution in [0.15, 0.2) is 52.4 Å². The fourth-order valence-electron chi connectivity index (χ4n) is 4.91. The zero-order valence-electron chi connectivity index (χ0n) is 24.9. The van der Waals surface area contributed by atoms with Gasteiger partial charge in [0, 0.05) is 32.5 Å². The van der Waals surface area contributed by atoms with Gasteiger partial charge in [-0.2, -0.15) is 0 Å². The van der Waals surface area contributed by atoms with E-state index >= 15 is 0 Å². The highest BCUT2D eigenvalue weighted by molar-refractivity contribution is 5.94. The Labute approximate surface area is 256 Å². The summed E-state index contributed by atoms with van der Waals surface area (Å²) in [5.41, 5.74) is 22.5. The van der Waals surface area contributed by atoms with Gasteiger partial charge in [0.15, 0.2) is 11.9 Å². The van der Waals surface area contributed by atoms with Crippen molar-refractivity contribution in [2.45, 2.75) is 69.5 Å². The molecule has 0 spiro atoms. The first-order chi connectivity index (χ1) is 21.1. The van der Waals surface area contributed by atoms with Gasteiger partial charge in [-0.3, -0.25) is 29.2 Å². The molecule has 0 radical (unpaired) electrons. The molecule has 238 valence electrons. The Hall–Kier alpha value is -4.88. The Morgan fingerprint density at radius 1 is 0.705 bits per heavy atom. The average Bonchev–Trinajstić information content (AvgIpc) is 2.98.